The van der Waals surface area contributed by atoms with Gasteiger partial charge in [0.1, 0.15) is 11.9 Å². The van der Waals surface area contributed by atoms with Crippen molar-refractivity contribution in [1.82, 2.24) is 0 Å². The SMILES string of the molecule is COc1ccc(C=C2CC3(C)C(CCC4C3CCC3(C)C(C(C)CCCC(C)C)CCC43)CC2OC(C)=O)cc1. The molecule has 4 saturated carbocycles. The Kier molecular flexibility index (Phi) is 8.80. The average Bonchev–Trinajstić information content (AvgIpc) is 3.26. The summed E-state index contributed by atoms with van der Waals surface area (Å²) < 4.78 is 11.4. The van der Waals surface area contributed by atoms with E-state index in [9.17, 15) is 4.79 Å². The van der Waals surface area contributed by atoms with Gasteiger partial charge in [-0.05, 0) is 127 Å². The van der Waals surface area contributed by atoms with Crippen LogP contribution in [0.5, 0.6) is 5.75 Å². The predicted octanol–water partition coefficient (Wildman–Crippen LogP) is 9.74. The van der Waals surface area contributed by atoms with Crippen LogP contribution in [0.15, 0.2) is 29.8 Å². The molecule has 0 radical (unpaired) electrons. The van der Waals surface area contributed by atoms with Crippen LogP contribution in [-0.4, -0.2) is 19.2 Å². The maximum absolute atomic E-state index is 12.1. The molecule has 0 N–H and O–H groups in total. The smallest absolute Gasteiger partial charge is 0.303 e. The van der Waals surface area contributed by atoms with Gasteiger partial charge in [-0.15, -0.1) is 0 Å². The number of hydrogen-bond donors (Lipinski definition) is 0. The fourth-order valence-electron chi connectivity index (χ4n) is 10.6. The summed E-state index contributed by atoms with van der Waals surface area (Å²) in [5.41, 5.74) is 3.30. The van der Waals surface area contributed by atoms with E-state index >= 15 is 0 Å². The van der Waals surface area contributed by atoms with E-state index in [1.165, 1.54) is 68.9 Å². The second-order valence-corrected chi connectivity index (χ2v) is 15.2. The quantitative estimate of drug-likeness (QED) is 0.303. The van der Waals surface area contributed by atoms with Crippen molar-refractivity contribution in [3.63, 3.8) is 0 Å². The van der Waals surface area contributed by atoms with Crippen LogP contribution in [0.25, 0.3) is 6.08 Å². The van der Waals surface area contributed by atoms with E-state index < -0.39 is 0 Å². The Morgan fingerprint density at radius 1 is 0.975 bits per heavy atom. The monoisotopic (exact) mass is 548 g/mol. The Morgan fingerprint density at radius 3 is 2.38 bits per heavy atom. The number of carbonyl (C=O) groups is 1. The number of ether oxygens (including phenoxy) is 2. The molecule has 9 atom stereocenters. The molecular formula is C37H56O3. The molecule has 0 bridgehead atoms. The molecule has 0 amide bonds. The summed E-state index contributed by atoms with van der Waals surface area (Å²) in [4.78, 5) is 12.1. The zero-order valence-electron chi connectivity index (χ0n) is 26.5. The zero-order chi connectivity index (χ0) is 28.7. The largest absolute Gasteiger partial charge is 0.497 e. The molecule has 5 rings (SSSR count). The van der Waals surface area contributed by atoms with Gasteiger partial charge in [0.15, 0.2) is 0 Å². The van der Waals surface area contributed by atoms with Crippen molar-refractivity contribution in [1.29, 1.82) is 0 Å². The molecule has 222 valence electrons. The van der Waals surface area contributed by atoms with E-state index in [2.05, 4.69) is 52.8 Å². The van der Waals surface area contributed by atoms with Crippen LogP contribution in [0.3, 0.4) is 0 Å². The van der Waals surface area contributed by atoms with Gasteiger partial charge in [0.05, 0.1) is 7.11 Å². The number of esters is 1. The van der Waals surface area contributed by atoms with Crippen molar-refractivity contribution < 1.29 is 14.3 Å². The van der Waals surface area contributed by atoms with Crippen LogP contribution in [0.4, 0.5) is 0 Å². The van der Waals surface area contributed by atoms with E-state index in [1.807, 2.05) is 12.1 Å². The van der Waals surface area contributed by atoms with Crippen LogP contribution in [0.2, 0.25) is 0 Å². The number of carbonyl (C=O) groups excluding carboxylic acids is 1. The van der Waals surface area contributed by atoms with Crippen molar-refractivity contribution in [2.75, 3.05) is 7.11 Å². The topological polar surface area (TPSA) is 35.5 Å². The minimum atomic E-state index is -0.157. The Bertz CT molecular complexity index is 1060. The first kappa shape index (κ1) is 29.7. The minimum absolute atomic E-state index is 0.0920. The molecule has 0 spiro atoms. The Labute approximate surface area is 244 Å². The van der Waals surface area contributed by atoms with Gasteiger partial charge in [0.2, 0.25) is 0 Å². The minimum Gasteiger partial charge on any atom is -0.497 e. The summed E-state index contributed by atoms with van der Waals surface area (Å²) in [7, 11) is 1.71. The maximum Gasteiger partial charge on any atom is 0.303 e. The van der Waals surface area contributed by atoms with Crippen molar-refractivity contribution >= 4 is 12.0 Å². The second-order valence-electron chi connectivity index (χ2n) is 15.2. The van der Waals surface area contributed by atoms with E-state index in [1.54, 1.807) is 14.0 Å². The molecule has 0 aliphatic heterocycles. The Balaban J connectivity index is 1.36. The molecule has 40 heavy (non-hydrogen) atoms. The number of hydrogen-bond acceptors (Lipinski definition) is 3. The fourth-order valence-corrected chi connectivity index (χ4v) is 10.6. The van der Waals surface area contributed by atoms with Gasteiger partial charge in [-0.1, -0.05) is 72.1 Å². The number of rotatable bonds is 8. The van der Waals surface area contributed by atoms with Crippen molar-refractivity contribution in [3.8, 4) is 5.75 Å². The summed E-state index contributed by atoms with van der Waals surface area (Å²) in [6, 6.07) is 8.31. The van der Waals surface area contributed by atoms with Crippen molar-refractivity contribution in [2.24, 2.45) is 52.3 Å². The molecule has 0 aromatic heterocycles. The lowest BCUT2D eigenvalue weighted by Crippen LogP contribution is -2.54. The number of methoxy groups -OCH3 is 1. The van der Waals surface area contributed by atoms with E-state index in [0.717, 1.165) is 54.1 Å². The molecular weight excluding hydrogens is 492 g/mol. The van der Waals surface area contributed by atoms with Crippen LogP contribution in [-0.2, 0) is 9.53 Å². The third kappa shape index (κ3) is 5.65. The van der Waals surface area contributed by atoms with Crippen molar-refractivity contribution in [2.45, 2.75) is 118 Å². The molecule has 9 unspecified atom stereocenters. The lowest BCUT2D eigenvalue weighted by molar-refractivity contribution is -0.153. The second kappa shape index (κ2) is 11.8. The van der Waals surface area contributed by atoms with Gasteiger partial charge < -0.3 is 9.47 Å². The average molecular weight is 549 g/mol. The maximum atomic E-state index is 12.1. The van der Waals surface area contributed by atoms with E-state index in [4.69, 9.17) is 9.47 Å². The highest BCUT2D eigenvalue weighted by Gasteiger charge is 2.61. The highest BCUT2D eigenvalue weighted by molar-refractivity contribution is 5.67. The van der Waals surface area contributed by atoms with Gasteiger partial charge in [0, 0.05) is 6.92 Å². The lowest BCUT2D eigenvalue weighted by Gasteiger charge is -2.61. The molecule has 3 nitrogen and oxygen atoms in total. The van der Waals surface area contributed by atoms with Gasteiger partial charge in [-0.3, -0.25) is 4.79 Å². The van der Waals surface area contributed by atoms with E-state index in [-0.39, 0.29) is 12.1 Å². The third-order valence-electron chi connectivity index (χ3n) is 12.5. The van der Waals surface area contributed by atoms with Gasteiger partial charge in [-0.25, -0.2) is 0 Å². The first-order chi connectivity index (χ1) is 19.0. The summed E-state index contributed by atoms with van der Waals surface area (Å²) in [5.74, 6) is 6.48. The highest BCUT2D eigenvalue weighted by atomic mass is 16.5. The third-order valence-corrected chi connectivity index (χ3v) is 12.5. The fraction of sp³-hybridized carbons (Fsp3) is 0.757. The number of fused-ring (bicyclic) bond motifs is 5. The normalized spacial score (nSPS) is 38.9. The van der Waals surface area contributed by atoms with Crippen LogP contribution in [0, 0.1) is 52.3 Å². The first-order valence-corrected chi connectivity index (χ1v) is 16.6. The molecule has 0 saturated heterocycles. The Hall–Kier alpha value is -1.77. The van der Waals surface area contributed by atoms with Crippen LogP contribution < -0.4 is 4.74 Å². The summed E-state index contributed by atoms with van der Waals surface area (Å²) in [6.07, 6.45) is 16.8. The Morgan fingerprint density at radius 2 is 1.70 bits per heavy atom. The molecule has 4 fully saturated rings. The van der Waals surface area contributed by atoms with Gasteiger partial charge in [-0.2, -0.15) is 0 Å². The van der Waals surface area contributed by atoms with Gasteiger partial charge in [0.25, 0.3) is 0 Å². The highest BCUT2D eigenvalue weighted by Crippen LogP contribution is 2.69. The molecule has 4 aliphatic rings. The van der Waals surface area contributed by atoms with Gasteiger partial charge >= 0.3 is 5.97 Å². The number of benzene rings is 1. The molecule has 3 heteroatoms. The van der Waals surface area contributed by atoms with Crippen molar-refractivity contribution in [3.05, 3.63) is 35.4 Å². The molecule has 0 heterocycles. The lowest BCUT2D eigenvalue weighted by atomic mass is 9.44. The summed E-state index contributed by atoms with van der Waals surface area (Å²) >= 11 is 0. The summed E-state index contributed by atoms with van der Waals surface area (Å²) in [6.45, 7) is 14.2. The molecule has 1 aromatic rings. The standard InChI is InChI=1S/C37H56O3/c1-24(2)9-8-10-25(3)32-17-18-33-31-16-13-29-22-35(40-26(4)38)28(21-27-11-14-30(39-7)15-12-27)23-37(29,6)34(31)19-20-36(32,33)5/h11-12,14-15,21,24-25,29,31-35H,8-10,13,16-20,22-23H2,1-7H3. The molecule has 1 aromatic carbocycles. The van der Waals surface area contributed by atoms with Crippen LogP contribution in [0.1, 0.15) is 118 Å². The predicted molar refractivity (Wildman–Crippen MR) is 165 cm³/mol. The van der Waals surface area contributed by atoms with E-state index in [0.29, 0.717) is 16.7 Å². The van der Waals surface area contributed by atoms with Crippen LogP contribution >= 0.6 is 0 Å². The summed E-state index contributed by atoms with van der Waals surface area (Å²) in [5, 5.41) is 0. The zero-order valence-corrected chi connectivity index (χ0v) is 26.5. The molecule has 4 aliphatic carbocycles. The first-order valence-electron chi connectivity index (χ1n) is 16.6.